The third-order valence-electron chi connectivity index (χ3n) is 4.13. The van der Waals surface area contributed by atoms with Crippen molar-refractivity contribution < 1.29 is 19.1 Å². The van der Waals surface area contributed by atoms with E-state index in [4.69, 9.17) is 20.8 Å². The Balaban J connectivity index is 1.77. The minimum Gasteiger partial charge on any atom is -0.496 e. The Morgan fingerprint density at radius 1 is 1.48 bits per heavy atom. The van der Waals surface area contributed by atoms with Crippen molar-refractivity contribution in [1.82, 2.24) is 5.32 Å². The average Bonchev–Trinajstić information content (AvgIpc) is 3.27. The molecule has 1 aromatic heterocycles. The first-order chi connectivity index (χ1) is 11.0. The molecule has 6 heteroatoms. The molecule has 0 unspecified atom stereocenters. The summed E-state index contributed by atoms with van der Waals surface area (Å²) in [5.74, 6) is 0.642. The summed E-state index contributed by atoms with van der Waals surface area (Å²) in [5, 5.41) is 14.1. The summed E-state index contributed by atoms with van der Waals surface area (Å²) in [7, 11) is 1.49. The normalized spacial score (nSPS) is 16.7. The number of aliphatic hydroxyl groups is 1. The van der Waals surface area contributed by atoms with Gasteiger partial charge in [-0.2, -0.15) is 0 Å². The summed E-state index contributed by atoms with van der Waals surface area (Å²) in [6.45, 7) is 0.0691. The van der Waals surface area contributed by atoms with Crippen molar-refractivity contribution in [3.63, 3.8) is 0 Å². The molecule has 122 valence electrons. The second-order valence-electron chi connectivity index (χ2n) is 5.70. The van der Waals surface area contributed by atoms with Gasteiger partial charge in [0.25, 0.3) is 5.91 Å². The van der Waals surface area contributed by atoms with Crippen LogP contribution in [0.1, 0.15) is 29.0 Å². The van der Waals surface area contributed by atoms with Crippen LogP contribution in [0.25, 0.3) is 0 Å². The van der Waals surface area contributed by atoms with Crippen LogP contribution >= 0.6 is 11.6 Å². The third-order valence-corrected chi connectivity index (χ3v) is 4.36. The molecule has 0 spiro atoms. The number of furan rings is 1. The zero-order chi connectivity index (χ0) is 16.4. The summed E-state index contributed by atoms with van der Waals surface area (Å²) < 4.78 is 10.5. The summed E-state index contributed by atoms with van der Waals surface area (Å²) >= 11 is 5.95. The van der Waals surface area contributed by atoms with Crippen molar-refractivity contribution in [3.8, 4) is 5.75 Å². The Kier molecular flexibility index (Phi) is 4.33. The highest BCUT2D eigenvalue weighted by atomic mass is 35.5. The highest BCUT2D eigenvalue weighted by molar-refractivity contribution is 6.31. The molecule has 1 saturated carbocycles. The van der Waals surface area contributed by atoms with Gasteiger partial charge in [0.15, 0.2) is 0 Å². The number of rotatable bonds is 6. The lowest BCUT2D eigenvalue weighted by atomic mass is 9.94. The lowest BCUT2D eigenvalue weighted by Crippen LogP contribution is -2.42. The van der Waals surface area contributed by atoms with Crippen LogP contribution in [0.3, 0.4) is 0 Å². The number of carbonyl (C=O) groups is 1. The Hall–Kier alpha value is -1.98. The van der Waals surface area contributed by atoms with E-state index >= 15 is 0 Å². The molecule has 5 nitrogen and oxygen atoms in total. The van der Waals surface area contributed by atoms with Gasteiger partial charge in [0.2, 0.25) is 0 Å². The molecular formula is C17H18ClNO4. The molecule has 2 aromatic rings. The van der Waals surface area contributed by atoms with Crippen molar-refractivity contribution in [3.05, 3.63) is 52.9 Å². The number of hydrogen-bond donors (Lipinski definition) is 2. The maximum atomic E-state index is 12.4. The van der Waals surface area contributed by atoms with E-state index in [9.17, 15) is 9.90 Å². The molecule has 1 aliphatic carbocycles. The predicted octanol–water partition coefficient (Wildman–Crippen LogP) is 2.97. The standard InChI is InChI=1S/C17H18ClNO4/c1-22-14-7-6-12(18)9-13(14)16(20)19-10-17(21,11-4-5-11)15-3-2-8-23-15/h2-3,6-9,11,21H,4-5,10H2,1H3,(H,19,20)/t17-/m0/s1. The first kappa shape index (κ1) is 15.9. The molecule has 1 amide bonds. The Bertz CT molecular complexity index is 697. The lowest BCUT2D eigenvalue weighted by molar-refractivity contribution is -0.00613. The van der Waals surface area contributed by atoms with Crippen LogP contribution in [0.15, 0.2) is 41.0 Å². The molecule has 1 aromatic carbocycles. The molecule has 3 rings (SSSR count). The van der Waals surface area contributed by atoms with Crippen LogP contribution in [-0.4, -0.2) is 24.7 Å². The highest BCUT2D eigenvalue weighted by Gasteiger charge is 2.47. The van der Waals surface area contributed by atoms with Gasteiger partial charge < -0.3 is 19.6 Å². The van der Waals surface area contributed by atoms with E-state index in [-0.39, 0.29) is 18.4 Å². The number of carbonyl (C=O) groups excluding carboxylic acids is 1. The van der Waals surface area contributed by atoms with Gasteiger partial charge in [0.05, 0.1) is 25.5 Å². The van der Waals surface area contributed by atoms with Crippen LogP contribution in [0.4, 0.5) is 0 Å². The average molecular weight is 336 g/mol. The quantitative estimate of drug-likeness (QED) is 0.851. The number of hydrogen-bond acceptors (Lipinski definition) is 4. The molecule has 0 bridgehead atoms. The van der Waals surface area contributed by atoms with Gasteiger partial charge in [0, 0.05) is 5.02 Å². The number of amides is 1. The maximum absolute atomic E-state index is 12.4. The van der Waals surface area contributed by atoms with E-state index in [0.29, 0.717) is 22.1 Å². The fraction of sp³-hybridized carbons (Fsp3) is 0.353. The molecule has 1 fully saturated rings. The number of halogens is 1. The van der Waals surface area contributed by atoms with Gasteiger partial charge in [-0.05, 0) is 49.1 Å². The largest absolute Gasteiger partial charge is 0.496 e. The number of benzene rings is 1. The molecular weight excluding hydrogens is 318 g/mol. The molecule has 1 heterocycles. The van der Waals surface area contributed by atoms with Gasteiger partial charge in [-0.25, -0.2) is 0 Å². The summed E-state index contributed by atoms with van der Waals surface area (Å²) in [6, 6.07) is 8.28. The van der Waals surface area contributed by atoms with E-state index in [0.717, 1.165) is 12.8 Å². The van der Waals surface area contributed by atoms with Crippen molar-refractivity contribution in [1.29, 1.82) is 0 Å². The van der Waals surface area contributed by atoms with Crippen molar-refractivity contribution in [2.45, 2.75) is 18.4 Å². The highest BCUT2D eigenvalue weighted by Crippen LogP contribution is 2.45. The Morgan fingerprint density at radius 3 is 2.87 bits per heavy atom. The van der Waals surface area contributed by atoms with Crippen LogP contribution in [0.5, 0.6) is 5.75 Å². The Labute approximate surface area is 139 Å². The van der Waals surface area contributed by atoms with Crippen LogP contribution in [-0.2, 0) is 5.60 Å². The minimum absolute atomic E-state index is 0.0691. The number of ether oxygens (including phenoxy) is 1. The summed E-state index contributed by atoms with van der Waals surface area (Å²) in [6.07, 6.45) is 3.34. The number of nitrogens with one attached hydrogen (secondary N) is 1. The summed E-state index contributed by atoms with van der Waals surface area (Å²) in [5.41, 5.74) is -0.858. The molecule has 0 saturated heterocycles. The van der Waals surface area contributed by atoms with E-state index < -0.39 is 5.60 Å². The molecule has 2 N–H and O–H groups in total. The van der Waals surface area contributed by atoms with Gasteiger partial charge in [-0.1, -0.05) is 11.6 Å². The van der Waals surface area contributed by atoms with E-state index in [2.05, 4.69) is 5.32 Å². The number of methoxy groups -OCH3 is 1. The second-order valence-corrected chi connectivity index (χ2v) is 6.14. The maximum Gasteiger partial charge on any atom is 0.255 e. The van der Waals surface area contributed by atoms with Gasteiger partial charge in [-0.15, -0.1) is 0 Å². The third kappa shape index (κ3) is 3.21. The Morgan fingerprint density at radius 2 is 2.26 bits per heavy atom. The van der Waals surface area contributed by atoms with E-state index in [1.807, 2.05) is 0 Å². The molecule has 1 atom stereocenters. The molecule has 1 aliphatic rings. The van der Waals surface area contributed by atoms with Crippen molar-refractivity contribution in [2.75, 3.05) is 13.7 Å². The lowest BCUT2D eigenvalue weighted by Gasteiger charge is -2.26. The second kappa shape index (κ2) is 6.26. The van der Waals surface area contributed by atoms with Gasteiger partial charge in [-0.3, -0.25) is 4.79 Å². The van der Waals surface area contributed by atoms with Gasteiger partial charge >= 0.3 is 0 Å². The minimum atomic E-state index is -1.19. The first-order valence-electron chi connectivity index (χ1n) is 7.42. The SMILES string of the molecule is COc1ccc(Cl)cc1C(=O)NC[C@@](O)(c1ccco1)C1CC1. The fourth-order valence-electron chi connectivity index (χ4n) is 2.69. The van der Waals surface area contributed by atoms with Crippen molar-refractivity contribution >= 4 is 17.5 Å². The van der Waals surface area contributed by atoms with Crippen LogP contribution < -0.4 is 10.1 Å². The van der Waals surface area contributed by atoms with E-state index in [1.54, 1.807) is 30.3 Å². The van der Waals surface area contributed by atoms with E-state index in [1.165, 1.54) is 13.4 Å². The topological polar surface area (TPSA) is 71.7 Å². The van der Waals surface area contributed by atoms with Crippen LogP contribution in [0, 0.1) is 5.92 Å². The molecule has 0 aliphatic heterocycles. The monoisotopic (exact) mass is 335 g/mol. The van der Waals surface area contributed by atoms with Crippen LogP contribution in [0.2, 0.25) is 5.02 Å². The molecule has 0 radical (unpaired) electrons. The zero-order valence-electron chi connectivity index (χ0n) is 12.7. The zero-order valence-corrected chi connectivity index (χ0v) is 13.5. The van der Waals surface area contributed by atoms with Crippen molar-refractivity contribution in [2.24, 2.45) is 5.92 Å². The fourth-order valence-corrected chi connectivity index (χ4v) is 2.86. The molecule has 23 heavy (non-hydrogen) atoms. The van der Waals surface area contributed by atoms with Gasteiger partial charge in [0.1, 0.15) is 17.1 Å². The first-order valence-corrected chi connectivity index (χ1v) is 7.80. The smallest absolute Gasteiger partial charge is 0.255 e. The predicted molar refractivity (Wildman–Crippen MR) is 85.7 cm³/mol. The summed E-state index contributed by atoms with van der Waals surface area (Å²) in [4.78, 5) is 12.4.